The van der Waals surface area contributed by atoms with Crippen LogP contribution in [0.2, 0.25) is 0 Å². The number of thioether (sulfide) groups is 1. The summed E-state index contributed by atoms with van der Waals surface area (Å²) in [6.45, 7) is 2.15. The maximum absolute atomic E-state index is 12.2. The summed E-state index contributed by atoms with van der Waals surface area (Å²) in [6, 6.07) is 7.03. The van der Waals surface area contributed by atoms with Crippen LogP contribution in [0, 0.1) is 0 Å². The second-order valence-electron chi connectivity index (χ2n) is 4.30. The molecule has 0 saturated carbocycles. The van der Waals surface area contributed by atoms with E-state index < -0.39 is 0 Å². The zero-order valence-electron chi connectivity index (χ0n) is 10.4. The maximum Gasteiger partial charge on any atom is 0.200 e. The van der Waals surface area contributed by atoms with Crippen molar-refractivity contribution >= 4 is 23.3 Å². The van der Waals surface area contributed by atoms with Crippen LogP contribution >= 0.6 is 11.8 Å². The number of hydrogen-bond donors (Lipinski definition) is 0. The first-order valence-electron chi connectivity index (χ1n) is 6.26. The molecule has 0 fully saturated rings. The van der Waals surface area contributed by atoms with Crippen LogP contribution in [0.3, 0.4) is 0 Å². The molecule has 0 atom stereocenters. The van der Waals surface area contributed by atoms with Crippen molar-refractivity contribution < 1.29 is 9.59 Å². The minimum Gasteiger partial charge on any atom is -0.289 e. The Hall–Kier alpha value is -1.35. The van der Waals surface area contributed by atoms with E-state index in [1.165, 1.54) is 24.3 Å². The summed E-state index contributed by atoms with van der Waals surface area (Å²) in [4.78, 5) is 24.7. The van der Waals surface area contributed by atoms with E-state index >= 15 is 0 Å². The van der Waals surface area contributed by atoms with Gasteiger partial charge in [-0.2, -0.15) is 0 Å². The molecule has 0 radical (unpaired) electrons. The summed E-state index contributed by atoms with van der Waals surface area (Å²) in [7, 11) is 0. The van der Waals surface area contributed by atoms with Gasteiger partial charge in [0.25, 0.3) is 0 Å². The first kappa shape index (κ1) is 13.1. The normalized spacial score (nSPS) is 14.4. The summed E-state index contributed by atoms with van der Waals surface area (Å²) >= 11 is 1.50. The zero-order valence-corrected chi connectivity index (χ0v) is 11.3. The van der Waals surface area contributed by atoms with Gasteiger partial charge in [0.2, 0.25) is 0 Å². The van der Waals surface area contributed by atoms with E-state index in [0.29, 0.717) is 16.0 Å². The quantitative estimate of drug-likeness (QED) is 0.754. The van der Waals surface area contributed by atoms with Crippen LogP contribution in [0.5, 0.6) is 0 Å². The molecule has 0 bridgehead atoms. The van der Waals surface area contributed by atoms with Gasteiger partial charge in [-0.25, -0.2) is 0 Å². The van der Waals surface area contributed by atoms with Crippen molar-refractivity contribution in [3.8, 4) is 0 Å². The number of rotatable bonds is 5. The van der Waals surface area contributed by atoms with Crippen molar-refractivity contribution in [3.63, 3.8) is 0 Å². The Bertz CT molecular complexity index is 503. The Morgan fingerprint density at radius 3 is 2.50 bits per heavy atom. The molecule has 1 aliphatic rings. The molecule has 0 heterocycles. The number of carbonyl (C=O) groups excluding carboxylic acids is 2. The van der Waals surface area contributed by atoms with E-state index in [1.807, 2.05) is 0 Å². The van der Waals surface area contributed by atoms with Crippen LogP contribution in [-0.2, 0) is 0 Å². The van der Waals surface area contributed by atoms with Crippen LogP contribution in [0.25, 0.3) is 0 Å². The zero-order chi connectivity index (χ0) is 13.0. The summed E-state index contributed by atoms with van der Waals surface area (Å²) in [5.41, 5.74) is 1.07. The fourth-order valence-electron chi connectivity index (χ4n) is 1.93. The number of Topliss-reactive ketones (excluding diaryl/α,β-unsaturated/α-hetero) is 1. The third-order valence-corrected chi connectivity index (χ3v) is 4.04. The maximum atomic E-state index is 12.2. The molecule has 0 spiro atoms. The van der Waals surface area contributed by atoms with Crippen molar-refractivity contribution in [2.75, 3.05) is 5.75 Å². The lowest BCUT2D eigenvalue weighted by molar-refractivity contribution is 0.0991. The highest BCUT2D eigenvalue weighted by Gasteiger charge is 2.24. The van der Waals surface area contributed by atoms with Crippen LogP contribution in [0.15, 0.2) is 35.2 Å². The van der Waals surface area contributed by atoms with E-state index in [-0.39, 0.29) is 11.6 Å². The van der Waals surface area contributed by atoms with Crippen LogP contribution in [0.4, 0.5) is 0 Å². The van der Waals surface area contributed by atoms with Gasteiger partial charge >= 0.3 is 0 Å². The first-order valence-corrected chi connectivity index (χ1v) is 7.25. The molecule has 0 aromatic heterocycles. The molecule has 2 rings (SSSR count). The number of benzene rings is 1. The van der Waals surface area contributed by atoms with Crippen molar-refractivity contribution in [2.24, 2.45) is 0 Å². The Morgan fingerprint density at radius 1 is 1.06 bits per heavy atom. The van der Waals surface area contributed by atoms with Crippen molar-refractivity contribution in [1.82, 2.24) is 0 Å². The van der Waals surface area contributed by atoms with E-state index in [9.17, 15) is 9.59 Å². The topological polar surface area (TPSA) is 34.1 Å². The molecular weight excluding hydrogens is 244 g/mol. The first-order chi connectivity index (χ1) is 8.74. The molecule has 0 unspecified atom stereocenters. The van der Waals surface area contributed by atoms with Gasteiger partial charge in [-0.15, -0.1) is 11.8 Å². The highest BCUT2D eigenvalue weighted by atomic mass is 32.2. The van der Waals surface area contributed by atoms with Gasteiger partial charge in [0.1, 0.15) is 0 Å². The van der Waals surface area contributed by atoms with Gasteiger partial charge in [-0.3, -0.25) is 9.59 Å². The second-order valence-corrected chi connectivity index (χ2v) is 5.44. The van der Waals surface area contributed by atoms with Crippen LogP contribution in [-0.4, -0.2) is 17.3 Å². The molecule has 2 nitrogen and oxygen atoms in total. The van der Waals surface area contributed by atoms with Crippen LogP contribution < -0.4 is 0 Å². The van der Waals surface area contributed by atoms with E-state index in [0.717, 1.165) is 18.6 Å². The summed E-state index contributed by atoms with van der Waals surface area (Å²) in [5.74, 6) is 0.843. The minimum atomic E-state index is -0.0526. The van der Waals surface area contributed by atoms with Crippen molar-refractivity contribution in [2.45, 2.75) is 26.2 Å². The average Bonchev–Trinajstić information content (AvgIpc) is 2.40. The van der Waals surface area contributed by atoms with Crippen molar-refractivity contribution in [1.29, 1.82) is 0 Å². The average molecular weight is 260 g/mol. The van der Waals surface area contributed by atoms with Crippen LogP contribution in [0.1, 0.15) is 46.9 Å². The second kappa shape index (κ2) is 6.01. The number of allylic oxidation sites excluding steroid dienone is 2. The van der Waals surface area contributed by atoms with Gasteiger partial charge in [0.15, 0.2) is 11.6 Å². The SMILES string of the molecule is CCCCCSC1=CC(=O)c2ccccc2C1=O. The molecule has 0 N–H and O–H groups in total. The number of unbranched alkanes of at least 4 members (excludes halogenated alkanes) is 2. The van der Waals surface area contributed by atoms with E-state index in [4.69, 9.17) is 0 Å². The van der Waals surface area contributed by atoms with Gasteiger partial charge < -0.3 is 0 Å². The van der Waals surface area contributed by atoms with Gasteiger partial charge in [-0.05, 0) is 12.2 Å². The molecular formula is C15H16O2S. The number of hydrogen-bond acceptors (Lipinski definition) is 3. The number of ketones is 2. The lowest BCUT2D eigenvalue weighted by atomic mass is 9.95. The molecule has 0 saturated heterocycles. The summed E-state index contributed by atoms with van der Waals surface area (Å²) in [5, 5.41) is 0. The molecule has 1 aromatic rings. The van der Waals surface area contributed by atoms with Crippen molar-refractivity contribution in [3.05, 3.63) is 46.4 Å². The molecule has 1 aliphatic carbocycles. The molecule has 18 heavy (non-hydrogen) atoms. The predicted molar refractivity (Wildman–Crippen MR) is 75.2 cm³/mol. The molecule has 0 amide bonds. The summed E-state index contributed by atoms with van der Waals surface area (Å²) < 4.78 is 0. The molecule has 94 valence electrons. The van der Waals surface area contributed by atoms with E-state index in [2.05, 4.69) is 6.92 Å². The standard InChI is InChI=1S/C15H16O2S/c1-2-3-6-9-18-14-10-13(16)11-7-4-5-8-12(11)15(14)17/h4-5,7-8,10H,2-3,6,9H2,1H3. The highest BCUT2D eigenvalue weighted by molar-refractivity contribution is 8.04. The largest absolute Gasteiger partial charge is 0.289 e. The predicted octanol–water partition coefficient (Wildman–Crippen LogP) is 3.87. The Kier molecular flexibility index (Phi) is 4.37. The Balaban J connectivity index is 2.11. The monoisotopic (exact) mass is 260 g/mol. The number of carbonyl (C=O) groups is 2. The highest BCUT2D eigenvalue weighted by Crippen LogP contribution is 2.28. The van der Waals surface area contributed by atoms with E-state index in [1.54, 1.807) is 24.3 Å². The minimum absolute atomic E-state index is 0.00769. The third-order valence-electron chi connectivity index (χ3n) is 2.93. The molecule has 0 aliphatic heterocycles. The third kappa shape index (κ3) is 2.72. The Labute approximate surface area is 111 Å². The lowest BCUT2D eigenvalue weighted by Crippen LogP contribution is -2.15. The van der Waals surface area contributed by atoms with Gasteiger partial charge in [-0.1, -0.05) is 44.0 Å². The molecule has 3 heteroatoms. The smallest absolute Gasteiger partial charge is 0.200 e. The fraction of sp³-hybridized carbons (Fsp3) is 0.333. The number of fused-ring (bicyclic) bond motifs is 1. The fourth-order valence-corrected chi connectivity index (χ4v) is 2.93. The Morgan fingerprint density at radius 2 is 1.78 bits per heavy atom. The van der Waals surface area contributed by atoms with Gasteiger partial charge in [0.05, 0.1) is 4.91 Å². The summed E-state index contributed by atoms with van der Waals surface area (Å²) in [6.07, 6.45) is 4.90. The lowest BCUT2D eigenvalue weighted by Gasteiger charge is -2.14. The van der Waals surface area contributed by atoms with Gasteiger partial charge in [0, 0.05) is 17.2 Å². The molecule has 1 aromatic carbocycles.